The van der Waals surface area contributed by atoms with Crippen molar-refractivity contribution < 1.29 is 52.1 Å². The summed E-state index contributed by atoms with van der Waals surface area (Å²) in [6.45, 7) is 2.72. The lowest BCUT2D eigenvalue weighted by atomic mass is 10.1. The Morgan fingerprint density at radius 1 is 0.891 bits per heavy atom. The molecule has 1 amide bonds. The highest BCUT2D eigenvalue weighted by Gasteiger charge is 2.39. The second kappa shape index (κ2) is 14.3. The van der Waals surface area contributed by atoms with Crippen LogP contribution in [0.4, 0.5) is 24.5 Å². The number of rotatable bonds is 12. The summed E-state index contributed by atoms with van der Waals surface area (Å²) in [6, 6.07) is 11.1. The van der Waals surface area contributed by atoms with Gasteiger partial charge in [0.15, 0.2) is 34.4 Å². The number of phenolic OH excluding ortho intramolecular Hbond substituents is 1. The molecule has 46 heavy (non-hydrogen) atoms. The standard InChI is InChI=1S/C32H29F3N2O9/c1-31(2,30(41)36-21-9-12-25(37(42)43)24(17-21)32(33,34)35)46-27-14-8-20(16-29(27)45-4)6-11-23(39)18-22(38)10-5-19-7-13-26(40)28(15-19)44-3/h5-18,39-40H,1-4H3,(H,36,41)/b10-5+,11-6+,23-18-. The fourth-order valence-corrected chi connectivity index (χ4v) is 3.87. The molecule has 0 spiro atoms. The summed E-state index contributed by atoms with van der Waals surface area (Å²) < 4.78 is 56.2. The number of carbonyl (C=O) groups is 2. The Morgan fingerprint density at radius 3 is 2.11 bits per heavy atom. The summed E-state index contributed by atoms with van der Waals surface area (Å²) >= 11 is 0. The fraction of sp³-hybridized carbons (Fsp3) is 0.188. The van der Waals surface area contributed by atoms with Crippen molar-refractivity contribution in [1.82, 2.24) is 0 Å². The van der Waals surface area contributed by atoms with Crippen LogP contribution in [-0.4, -0.2) is 46.6 Å². The van der Waals surface area contributed by atoms with Gasteiger partial charge in [-0.05, 0) is 73.5 Å². The van der Waals surface area contributed by atoms with Crippen LogP contribution in [0.5, 0.6) is 23.0 Å². The zero-order chi connectivity index (χ0) is 34.2. The Kier molecular flexibility index (Phi) is 10.8. The van der Waals surface area contributed by atoms with E-state index in [-0.39, 0.29) is 34.4 Å². The van der Waals surface area contributed by atoms with Gasteiger partial charge in [0.2, 0.25) is 0 Å². The number of nitro benzene ring substituents is 1. The van der Waals surface area contributed by atoms with E-state index in [0.29, 0.717) is 23.3 Å². The topological polar surface area (TPSA) is 157 Å². The van der Waals surface area contributed by atoms with Crippen LogP contribution in [0.2, 0.25) is 0 Å². The van der Waals surface area contributed by atoms with Gasteiger partial charge in [-0.15, -0.1) is 0 Å². The number of amides is 1. The Bertz CT molecular complexity index is 1730. The van der Waals surface area contributed by atoms with E-state index in [1.165, 1.54) is 76.6 Å². The molecule has 242 valence electrons. The number of nitro groups is 1. The maximum absolute atomic E-state index is 13.3. The number of hydrogen-bond acceptors (Lipinski definition) is 9. The lowest BCUT2D eigenvalue weighted by Crippen LogP contribution is -2.42. The van der Waals surface area contributed by atoms with Gasteiger partial charge in [-0.3, -0.25) is 19.7 Å². The van der Waals surface area contributed by atoms with Gasteiger partial charge >= 0.3 is 6.18 Å². The van der Waals surface area contributed by atoms with E-state index in [9.17, 15) is 43.1 Å². The van der Waals surface area contributed by atoms with Crippen molar-refractivity contribution in [3.8, 4) is 23.0 Å². The summed E-state index contributed by atoms with van der Waals surface area (Å²) in [5, 5.41) is 33.1. The van der Waals surface area contributed by atoms with Gasteiger partial charge in [0, 0.05) is 17.8 Å². The number of aromatic hydroxyl groups is 1. The number of nitrogens with one attached hydrogen (secondary N) is 1. The Balaban J connectivity index is 1.70. The molecule has 0 saturated carbocycles. The minimum atomic E-state index is -5.03. The van der Waals surface area contributed by atoms with E-state index in [2.05, 4.69) is 5.32 Å². The molecule has 3 rings (SSSR count). The molecular formula is C32H29F3N2O9. The van der Waals surface area contributed by atoms with Crippen molar-refractivity contribution >= 4 is 35.2 Å². The molecule has 0 unspecified atom stereocenters. The minimum absolute atomic E-state index is 0.0512. The van der Waals surface area contributed by atoms with E-state index in [1.807, 2.05) is 0 Å². The molecular weight excluding hydrogens is 613 g/mol. The third-order valence-electron chi connectivity index (χ3n) is 6.24. The highest BCUT2D eigenvalue weighted by molar-refractivity contribution is 6.02. The predicted molar refractivity (Wildman–Crippen MR) is 163 cm³/mol. The number of allylic oxidation sites excluding steroid dienone is 3. The van der Waals surface area contributed by atoms with Gasteiger partial charge < -0.3 is 29.7 Å². The summed E-state index contributed by atoms with van der Waals surface area (Å²) in [7, 11) is 2.73. The Morgan fingerprint density at radius 2 is 1.50 bits per heavy atom. The molecule has 11 nitrogen and oxygen atoms in total. The number of phenols is 1. The smallest absolute Gasteiger partial charge is 0.423 e. The third kappa shape index (κ3) is 9.11. The summed E-state index contributed by atoms with van der Waals surface area (Å²) in [4.78, 5) is 35.0. The minimum Gasteiger partial charge on any atom is -0.508 e. The SMILES string of the molecule is COc1cc(/C=C/C(=O)/C=C(O)/C=C/c2ccc(OC(C)(C)C(=O)Nc3ccc([N+](=O)[O-])c(C(F)(F)F)c3)c(OC)c2)ccc1O. The summed E-state index contributed by atoms with van der Waals surface area (Å²) in [5.74, 6) is -1.26. The fourth-order valence-electron chi connectivity index (χ4n) is 3.87. The highest BCUT2D eigenvalue weighted by Crippen LogP contribution is 2.38. The van der Waals surface area contributed by atoms with Gasteiger partial charge in [0.1, 0.15) is 11.3 Å². The number of nitrogens with zero attached hydrogens (tertiary/aromatic N) is 1. The van der Waals surface area contributed by atoms with Crippen LogP contribution >= 0.6 is 0 Å². The third-order valence-corrected chi connectivity index (χ3v) is 6.24. The first-order chi connectivity index (χ1) is 21.5. The van der Waals surface area contributed by atoms with E-state index in [1.54, 1.807) is 12.1 Å². The quantitative estimate of drug-likeness (QED) is 0.0630. The van der Waals surface area contributed by atoms with Crippen molar-refractivity contribution in [2.45, 2.75) is 25.6 Å². The molecule has 0 aliphatic carbocycles. The van der Waals surface area contributed by atoms with Crippen LogP contribution < -0.4 is 19.5 Å². The number of benzene rings is 3. The van der Waals surface area contributed by atoms with Gasteiger partial charge in [-0.1, -0.05) is 24.3 Å². The number of anilines is 1. The van der Waals surface area contributed by atoms with Crippen molar-refractivity contribution in [2.24, 2.45) is 0 Å². The van der Waals surface area contributed by atoms with Crippen LogP contribution in [0, 0.1) is 10.1 Å². The Hall–Kier alpha value is -5.79. The number of alkyl halides is 3. The second-order valence-electron chi connectivity index (χ2n) is 10.0. The zero-order valence-electron chi connectivity index (χ0n) is 24.9. The molecule has 0 atom stereocenters. The van der Waals surface area contributed by atoms with Crippen molar-refractivity contribution in [1.29, 1.82) is 0 Å². The largest absolute Gasteiger partial charge is 0.508 e. The number of aliphatic hydroxyl groups is 1. The van der Waals surface area contributed by atoms with Crippen molar-refractivity contribution in [3.05, 3.63) is 105 Å². The summed E-state index contributed by atoms with van der Waals surface area (Å²) in [6.07, 6.45) is 1.41. The average molecular weight is 643 g/mol. The second-order valence-corrected chi connectivity index (χ2v) is 10.0. The zero-order valence-corrected chi connectivity index (χ0v) is 24.9. The number of halogens is 3. The monoisotopic (exact) mass is 642 g/mol. The first kappa shape index (κ1) is 34.7. The predicted octanol–water partition coefficient (Wildman–Crippen LogP) is 6.87. The normalized spacial score (nSPS) is 12.3. The first-order valence-electron chi connectivity index (χ1n) is 13.3. The number of hydrogen-bond donors (Lipinski definition) is 3. The molecule has 3 aromatic carbocycles. The Labute approximate surface area is 261 Å². The van der Waals surface area contributed by atoms with Gasteiger partial charge in [0.25, 0.3) is 11.6 Å². The van der Waals surface area contributed by atoms with Gasteiger partial charge in [-0.2, -0.15) is 13.2 Å². The molecule has 3 aromatic rings. The van der Waals surface area contributed by atoms with Crippen LogP contribution in [-0.2, 0) is 15.8 Å². The number of ether oxygens (including phenoxy) is 3. The van der Waals surface area contributed by atoms with Crippen LogP contribution in [0.25, 0.3) is 12.2 Å². The van der Waals surface area contributed by atoms with Crippen molar-refractivity contribution in [2.75, 3.05) is 19.5 Å². The lowest BCUT2D eigenvalue weighted by molar-refractivity contribution is -0.388. The van der Waals surface area contributed by atoms with Gasteiger partial charge in [-0.25, -0.2) is 0 Å². The molecule has 3 N–H and O–H groups in total. The molecule has 0 aliphatic rings. The number of carbonyl (C=O) groups excluding carboxylic acids is 2. The first-order valence-corrected chi connectivity index (χ1v) is 13.3. The molecule has 0 fully saturated rings. The molecule has 0 saturated heterocycles. The maximum Gasteiger partial charge on any atom is 0.423 e. The van der Waals surface area contributed by atoms with E-state index >= 15 is 0 Å². The molecule has 0 heterocycles. The number of aliphatic hydroxyl groups excluding tert-OH is 1. The van der Waals surface area contributed by atoms with Crippen LogP contribution in [0.3, 0.4) is 0 Å². The molecule has 0 aromatic heterocycles. The van der Waals surface area contributed by atoms with E-state index in [0.717, 1.165) is 12.1 Å². The van der Waals surface area contributed by atoms with Crippen LogP contribution in [0.1, 0.15) is 30.5 Å². The van der Waals surface area contributed by atoms with E-state index in [4.69, 9.17) is 14.2 Å². The van der Waals surface area contributed by atoms with Crippen molar-refractivity contribution in [3.63, 3.8) is 0 Å². The maximum atomic E-state index is 13.3. The number of ketones is 1. The van der Waals surface area contributed by atoms with Crippen LogP contribution in [0.15, 0.2) is 78.6 Å². The molecule has 0 bridgehead atoms. The lowest BCUT2D eigenvalue weighted by Gasteiger charge is -2.26. The number of methoxy groups -OCH3 is 2. The molecule has 14 heteroatoms. The average Bonchev–Trinajstić information content (AvgIpc) is 2.99. The highest BCUT2D eigenvalue weighted by atomic mass is 19.4. The van der Waals surface area contributed by atoms with E-state index < -0.39 is 39.6 Å². The molecule has 0 aliphatic heterocycles. The summed E-state index contributed by atoms with van der Waals surface area (Å²) in [5.41, 5.74) is -3.55. The molecule has 0 radical (unpaired) electrons. The van der Waals surface area contributed by atoms with Gasteiger partial charge in [0.05, 0.1) is 19.1 Å².